The van der Waals surface area contributed by atoms with Crippen LogP contribution < -0.4 is 0 Å². The second kappa shape index (κ2) is 6.81. The lowest BCUT2D eigenvalue weighted by Crippen LogP contribution is -2.18. The number of pyridine rings is 1. The number of nitrogens with one attached hydrogen (secondary N) is 1. The number of aliphatic hydroxyl groups is 1. The Morgan fingerprint density at radius 2 is 1.88 bits per heavy atom. The molecule has 0 aliphatic carbocycles. The van der Waals surface area contributed by atoms with E-state index in [1.54, 1.807) is 20.2 Å². The van der Waals surface area contributed by atoms with Crippen LogP contribution in [0.25, 0.3) is 0 Å². The van der Waals surface area contributed by atoms with Gasteiger partial charge in [-0.15, -0.1) is 0 Å². The maximum atomic E-state index is 10.3. The molecule has 0 unspecified atom stereocenters. The molecule has 0 aliphatic rings. The molecule has 25 heavy (non-hydrogen) atoms. The predicted octanol–water partition coefficient (Wildman–Crippen LogP) is 4.02. The molecule has 2 N–H and O–H groups in total. The van der Waals surface area contributed by atoms with Crippen LogP contribution in [0.15, 0.2) is 48.9 Å². The summed E-state index contributed by atoms with van der Waals surface area (Å²) in [5.41, 5.74) is 5.62. The van der Waals surface area contributed by atoms with E-state index in [4.69, 9.17) is 0 Å². The van der Waals surface area contributed by atoms with Gasteiger partial charge in [-0.2, -0.15) is 0 Å². The molecule has 2 aromatic heterocycles. The van der Waals surface area contributed by atoms with Crippen LogP contribution >= 0.6 is 0 Å². The summed E-state index contributed by atoms with van der Waals surface area (Å²) < 4.78 is 0. The number of H-pyrrole nitrogens is 1. The molecule has 4 nitrogen and oxygen atoms in total. The topological polar surface area (TPSA) is 61.8 Å². The molecule has 2 heterocycles. The van der Waals surface area contributed by atoms with E-state index < -0.39 is 5.60 Å². The molecule has 0 amide bonds. The van der Waals surface area contributed by atoms with Crippen LogP contribution in [0, 0.1) is 13.8 Å². The Labute approximate surface area is 149 Å². The number of hydrogen-bond donors (Lipinski definition) is 2. The minimum atomic E-state index is -0.946. The van der Waals surface area contributed by atoms with E-state index in [-0.39, 0.29) is 5.92 Å². The summed E-state index contributed by atoms with van der Waals surface area (Å²) >= 11 is 0. The molecule has 4 heteroatoms. The Hall–Kier alpha value is -2.46. The molecule has 0 bridgehead atoms. The van der Waals surface area contributed by atoms with Gasteiger partial charge in [0.05, 0.1) is 12.0 Å². The van der Waals surface area contributed by atoms with Crippen LogP contribution in [0.3, 0.4) is 0 Å². The van der Waals surface area contributed by atoms with Crippen molar-refractivity contribution in [1.29, 1.82) is 0 Å². The fourth-order valence-electron chi connectivity index (χ4n) is 3.14. The number of hydrogen-bond acceptors (Lipinski definition) is 3. The van der Waals surface area contributed by atoms with Crippen molar-refractivity contribution in [1.82, 2.24) is 15.0 Å². The molecule has 0 aliphatic heterocycles. The van der Waals surface area contributed by atoms with Crippen LogP contribution in [-0.2, 0) is 12.0 Å². The zero-order chi connectivity index (χ0) is 18.0. The van der Waals surface area contributed by atoms with Crippen molar-refractivity contribution >= 4 is 0 Å². The first-order chi connectivity index (χ1) is 11.9. The SMILES string of the molecule is Cc1cccc([C@@H](Cc2cccc(C(C)(C)O)n2)c2cnc[nH]2)c1C. The number of rotatable bonds is 5. The third-order valence-electron chi connectivity index (χ3n) is 4.76. The summed E-state index contributed by atoms with van der Waals surface area (Å²) in [5.74, 6) is 0.145. The standard InChI is InChI=1S/C21H25N3O/c1-14-7-5-9-17(15(14)2)18(19-12-22-13-23-19)11-16-8-6-10-20(24-16)21(3,4)25/h5-10,12-13,18,25H,11H2,1-4H3,(H,22,23)/t18-/m1/s1. The summed E-state index contributed by atoms with van der Waals surface area (Å²) in [6.07, 6.45) is 4.34. The van der Waals surface area contributed by atoms with Crippen molar-refractivity contribution in [2.45, 2.75) is 45.6 Å². The Bertz CT molecular complexity index is 848. The average molecular weight is 335 g/mol. The monoisotopic (exact) mass is 335 g/mol. The number of nitrogens with zero attached hydrogens (tertiary/aromatic N) is 2. The van der Waals surface area contributed by atoms with Crippen LogP contribution in [0.4, 0.5) is 0 Å². The largest absolute Gasteiger partial charge is 0.384 e. The van der Waals surface area contributed by atoms with Crippen molar-refractivity contribution in [3.05, 3.63) is 82.7 Å². The molecule has 0 fully saturated rings. The van der Waals surface area contributed by atoms with Crippen LogP contribution in [0.5, 0.6) is 0 Å². The normalized spacial score (nSPS) is 13.0. The first-order valence-corrected chi connectivity index (χ1v) is 8.59. The van der Waals surface area contributed by atoms with Gasteiger partial charge in [-0.1, -0.05) is 24.3 Å². The summed E-state index contributed by atoms with van der Waals surface area (Å²) in [4.78, 5) is 12.1. The fourth-order valence-corrected chi connectivity index (χ4v) is 3.14. The van der Waals surface area contributed by atoms with Gasteiger partial charge in [-0.05, 0) is 56.5 Å². The molecule has 0 spiro atoms. The summed E-state index contributed by atoms with van der Waals surface area (Å²) in [5, 5.41) is 10.3. The highest BCUT2D eigenvalue weighted by Crippen LogP contribution is 2.30. The predicted molar refractivity (Wildman–Crippen MR) is 99.5 cm³/mol. The minimum Gasteiger partial charge on any atom is -0.384 e. The van der Waals surface area contributed by atoms with E-state index in [9.17, 15) is 5.11 Å². The van der Waals surface area contributed by atoms with Crippen LogP contribution in [-0.4, -0.2) is 20.1 Å². The van der Waals surface area contributed by atoms with Gasteiger partial charge in [0, 0.05) is 29.9 Å². The van der Waals surface area contributed by atoms with Crippen molar-refractivity contribution < 1.29 is 5.11 Å². The van der Waals surface area contributed by atoms with Gasteiger partial charge in [0.15, 0.2) is 0 Å². The maximum Gasteiger partial charge on any atom is 0.101 e. The average Bonchev–Trinajstić information content (AvgIpc) is 3.09. The molecule has 0 radical (unpaired) electrons. The highest BCUT2D eigenvalue weighted by Gasteiger charge is 2.22. The summed E-state index contributed by atoms with van der Waals surface area (Å²) in [6.45, 7) is 7.82. The van der Waals surface area contributed by atoms with E-state index in [2.05, 4.69) is 47.0 Å². The zero-order valence-corrected chi connectivity index (χ0v) is 15.2. The van der Waals surface area contributed by atoms with Gasteiger partial charge in [-0.25, -0.2) is 4.98 Å². The maximum absolute atomic E-state index is 10.3. The number of benzene rings is 1. The molecule has 130 valence electrons. The molecule has 0 saturated heterocycles. The summed E-state index contributed by atoms with van der Waals surface area (Å²) in [6, 6.07) is 12.3. The molecule has 0 saturated carbocycles. The third kappa shape index (κ3) is 3.80. The molecule has 1 atom stereocenters. The third-order valence-corrected chi connectivity index (χ3v) is 4.76. The van der Waals surface area contributed by atoms with Crippen LogP contribution in [0.2, 0.25) is 0 Å². The van der Waals surface area contributed by atoms with Crippen molar-refractivity contribution in [2.24, 2.45) is 0 Å². The van der Waals surface area contributed by atoms with Crippen LogP contribution in [0.1, 0.15) is 53.5 Å². The molecule has 3 rings (SSSR count). The van der Waals surface area contributed by atoms with Crippen molar-refractivity contribution in [3.63, 3.8) is 0 Å². The van der Waals surface area contributed by atoms with E-state index in [1.807, 2.05) is 24.4 Å². The second-order valence-electron chi connectivity index (χ2n) is 7.13. The smallest absolute Gasteiger partial charge is 0.101 e. The highest BCUT2D eigenvalue weighted by molar-refractivity contribution is 5.40. The quantitative estimate of drug-likeness (QED) is 0.740. The van der Waals surface area contributed by atoms with E-state index in [1.165, 1.54) is 16.7 Å². The Kier molecular flexibility index (Phi) is 4.73. The lowest BCUT2D eigenvalue weighted by Gasteiger charge is -2.21. The highest BCUT2D eigenvalue weighted by atomic mass is 16.3. The molecular weight excluding hydrogens is 310 g/mol. The van der Waals surface area contributed by atoms with Gasteiger partial charge in [-0.3, -0.25) is 4.98 Å². The Morgan fingerprint density at radius 3 is 2.56 bits per heavy atom. The van der Waals surface area contributed by atoms with Crippen molar-refractivity contribution in [2.75, 3.05) is 0 Å². The number of aromatic nitrogens is 3. The van der Waals surface area contributed by atoms with E-state index >= 15 is 0 Å². The van der Waals surface area contributed by atoms with E-state index in [0.717, 1.165) is 17.8 Å². The zero-order valence-electron chi connectivity index (χ0n) is 15.2. The van der Waals surface area contributed by atoms with Crippen molar-refractivity contribution in [3.8, 4) is 0 Å². The lowest BCUT2D eigenvalue weighted by molar-refractivity contribution is 0.0736. The number of imidazole rings is 1. The number of aromatic amines is 1. The fraction of sp³-hybridized carbons (Fsp3) is 0.333. The molecule has 1 aromatic carbocycles. The summed E-state index contributed by atoms with van der Waals surface area (Å²) in [7, 11) is 0. The van der Waals surface area contributed by atoms with Gasteiger partial charge < -0.3 is 10.1 Å². The molecular formula is C21H25N3O. The van der Waals surface area contributed by atoms with E-state index in [0.29, 0.717) is 5.69 Å². The van der Waals surface area contributed by atoms with Gasteiger partial charge in [0.1, 0.15) is 5.60 Å². The number of aryl methyl sites for hydroxylation is 1. The minimum absolute atomic E-state index is 0.145. The Morgan fingerprint density at radius 1 is 1.12 bits per heavy atom. The van der Waals surface area contributed by atoms with Gasteiger partial charge in [0.2, 0.25) is 0 Å². The van der Waals surface area contributed by atoms with Gasteiger partial charge in [0.25, 0.3) is 0 Å². The van der Waals surface area contributed by atoms with Gasteiger partial charge >= 0.3 is 0 Å². The Balaban J connectivity index is 2.01. The lowest BCUT2D eigenvalue weighted by atomic mass is 9.86. The first-order valence-electron chi connectivity index (χ1n) is 8.59. The molecule has 3 aromatic rings. The second-order valence-corrected chi connectivity index (χ2v) is 7.13. The first kappa shape index (κ1) is 17.4.